The highest BCUT2D eigenvalue weighted by atomic mass is 14.7. The van der Waals surface area contributed by atoms with E-state index in [1.807, 2.05) is 0 Å². The van der Waals surface area contributed by atoms with Gasteiger partial charge >= 0.3 is 0 Å². The Morgan fingerprint density at radius 3 is 1.53 bits per heavy atom. The Balaban J connectivity index is 2.00. The van der Waals surface area contributed by atoms with E-state index in [4.69, 9.17) is 0 Å². The van der Waals surface area contributed by atoms with Crippen molar-refractivity contribution in [3.05, 3.63) is 0 Å². The third-order valence-electron chi connectivity index (χ3n) is 6.95. The zero-order valence-electron chi connectivity index (χ0n) is 11.0. The molecule has 0 aliphatic heterocycles. The summed E-state index contributed by atoms with van der Waals surface area (Å²) in [4.78, 5) is 0. The second kappa shape index (κ2) is 2.81. The molecule has 0 heteroatoms. The van der Waals surface area contributed by atoms with E-state index in [1.54, 1.807) is 0 Å². The molecule has 0 aromatic heterocycles. The van der Waals surface area contributed by atoms with Crippen molar-refractivity contribution >= 4 is 0 Å². The van der Waals surface area contributed by atoms with Crippen molar-refractivity contribution < 1.29 is 0 Å². The minimum atomic E-state index is 0.665. The van der Waals surface area contributed by atoms with Gasteiger partial charge in [-0.1, -0.05) is 34.6 Å². The van der Waals surface area contributed by atoms with Crippen molar-refractivity contribution in [3.8, 4) is 0 Å². The second-order valence-electron chi connectivity index (χ2n) is 7.34. The Morgan fingerprint density at radius 2 is 1.13 bits per heavy atom. The van der Waals surface area contributed by atoms with Crippen LogP contribution in [0.15, 0.2) is 0 Å². The third-order valence-corrected chi connectivity index (χ3v) is 6.95. The van der Waals surface area contributed by atoms with Crippen molar-refractivity contribution in [2.75, 3.05) is 0 Å². The van der Waals surface area contributed by atoms with Gasteiger partial charge in [-0.3, -0.25) is 0 Å². The fourth-order valence-corrected chi connectivity index (χ4v) is 5.91. The van der Waals surface area contributed by atoms with Gasteiger partial charge in [0.05, 0.1) is 0 Å². The molecule has 2 bridgehead atoms. The number of hydrogen-bond donors (Lipinski definition) is 0. The summed E-state index contributed by atoms with van der Waals surface area (Å²) in [6.45, 7) is 12.7. The molecule has 3 fully saturated rings. The molecular weight excluding hydrogens is 180 g/mol. The summed E-state index contributed by atoms with van der Waals surface area (Å²) >= 11 is 0. The number of hydrogen-bond acceptors (Lipinski definition) is 0. The van der Waals surface area contributed by atoms with Gasteiger partial charge in [-0.15, -0.1) is 0 Å². The highest BCUT2D eigenvalue weighted by Crippen LogP contribution is 2.70. The number of rotatable bonds is 0. The fraction of sp³-hybridized carbons (Fsp3) is 1.00. The molecule has 15 heavy (non-hydrogen) atoms. The maximum atomic E-state index is 2.55. The van der Waals surface area contributed by atoms with Crippen molar-refractivity contribution in [3.63, 3.8) is 0 Å². The minimum Gasteiger partial charge on any atom is -0.0620 e. The average Bonchev–Trinajstić information content (AvgIpc) is 2.69. The van der Waals surface area contributed by atoms with Gasteiger partial charge in [-0.2, -0.15) is 0 Å². The van der Waals surface area contributed by atoms with Gasteiger partial charge in [0.25, 0.3) is 0 Å². The molecule has 6 atom stereocenters. The molecule has 3 aliphatic carbocycles. The summed E-state index contributed by atoms with van der Waals surface area (Å²) in [7, 11) is 0. The van der Waals surface area contributed by atoms with Crippen LogP contribution in [0.5, 0.6) is 0 Å². The molecule has 3 saturated carbocycles. The molecule has 0 saturated heterocycles. The predicted octanol–water partition coefficient (Wildman–Crippen LogP) is 4.21. The van der Waals surface area contributed by atoms with Crippen LogP contribution < -0.4 is 0 Å². The lowest BCUT2D eigenvalue weighted by Crippen LogP contribution is -2.24. The van der Waals surface area contributed by atoms with Crippen LogP contribution in [0.3, 0.4) is 0 Å². The highest BCUT2D eigenvalue weighted by molar-refractivity contribution is 5.12. The molecule has 3 rings (SSSR count). The normalized spacial score (nSPS) is 61.0. The Kier molecular flexibility index (Phi) is 1.91. The van der Waals surface area contributed by atoms with E-state index >= 15 is 0 Å². The lowest BCUT2D eigenvalue weighted by molar-refractivity contribution is 0.176. The van der Waals surface area contributed by atoms with Crippen LogP contribution in [0.25, 0.3) is 0 Å². The lowest BCUT2D eigenvalue weighted by Gasteiger charge is -2.31. The smallest absolute Gasteiger partial charge is 0.0292 e. The van der Waals surface area contributed by atoms with Crippen LogP contribution in [0.2, 0.25) is 0 Å². The minimum absolute atomic E-state index is 0.665. The molecule has 0 radical (unpaired) electrons. The molecule has 3 aliphatic rings. The maximum absolute atomic E-state index is 2.55. The third kappa shape index (κ3) is 0.996. The molecule has 0 heterocycles. The lowest BCUT2D eigenvalue weighted by atomic mass is 9.74. The fourth-order valence-electron chi connectivity index (χ4n) is 5.91. The second-order valence-corrected chi connectivity index (χ2v) is 7.34. The van der Waals surface area contributed by atoms with Crippen LogP contribution in [-0.4, -0.2) is 0 Å². The van der Waals surface area contributed by atoms with Gasteiger partial charge < -0.3 is 0 Å². The molecule has 0 amide bonds. The van der Waals surface area contributed by atoms with Gasteiger partial charge in [0.2, 0.25) is 0 Å². The zero-order chi connectivity index (χ0) is 11.0. The van der Waals surface area contributed by atoms with Gasteiger partial charge in [0.1, 0.15) is 0 Å². The van der Waals surface area contributed by atoms with Gasteiger partial charge in [-0.25, -0.2) is 0 Å². The number of fused-ring (bicyclic) bond motifs is 5. The summed E-state index contributed by atoms with van der Waals surface area (Å²) in [5.41, 5.74) is 0.665. The summed E-state index contributed by atoms with van der Waals surface area (Å²) in [5, 5.41) is 0. The first kappa shape index (κ1) is 10.2. The van der Waals surface area contributed by atoms with Crippen LogP contribution in [0, 0.1) is 46.8 Å². The van der Waals surface area contributed by atoms with E-state index in [9.17, 15) is 0 Å². The van der Waals surface area contributed by atoms with Gasteiger partial charge in [0.15, 0.2) is 0 Å². The standard InChI is InChI=1S/C15H26/c1-8-9(2)13-11-6-7-12(15(11,4)5)14(13)10(8)3/h8-14H,6-7H2,1-5H3. The van der Waals surface area contributed by atoms with Crippen LogP contribution in [0.4, 0.5) is 0 Å². The Bertz CT molecular complexity index is 252. The Morgan fingerprint density at radius 1 is 0.733 bits per heavy atom. The van der Waals surface area contributed by atoms with Crippen LogP contribution in [0.1, 0.15) is 47.5 Å². The van der Waals surface area contributed by atoms with E-state index in [-0.39, 0.29) is 0 Å². The quantitative estimate of drug-likeness (QED) is 0.557. The van der Waals surface area contributed by atoms with Crippen molar-refractivity contribution in [2.45, 2.75) is 47.5 Å². The first-order valence-electron chi connectivity index (χ1n) is 6.96. The van der Waals surface area contributed by atoms with Crippen LogP contribution in [-0.2, 0) is 0 Å². The summed E-state index contributed by atoms with van der Waals surface area (Å²) in [6, 6.07) is 0. The molecule has 0 nitrogen and oxygen atoms in total. The average molecular weight is 206 g/mol. The first-order chi connectivity index (χ1) is 6.96. The Hall–Kier alpha value is 0. The van der Waals surface area contributed by atoms with E-state index in [2.05, 4.69) is 34.6 Å². The molecule has 86 valence electrons. The molecule has 0 spiro atoms. The largest absolute Gasteiger partial charge is 0.0620 e. The van der Waals surface area contributed by atoms with E-state index in [0.29, 0.717) is 5.41 Å². The molecular formula is C15H26. The summed E-state index contributed by atoms with van der Waals surface area (Å²) in [5.74, 6) is 7.19. The molecule has 0 aromatic rings. The topological polar surface area (TPSA) is 0 Å². The molecule has 0 aromatic carbocycles. The van der Waals surface area contributed by atoms with Crippen LogP contribution >= 0.6 is 0 Å². The highest BCUT2D eigenvalue weighted by Gasteiger charge is 2.64. The van der Waals surface area contributed by atoms with Gasteiger partial charge in [-0.05, 0) is 59.7 Å². The van der Waals surface area contributed by atoms with Crippen molar-refractivity contribution in [2.24, 2.45) is 46.8 Å². The Labute approximate surface area is 94.8 Å². The van der Waals surface area contributed by atoms with E-state index in [0.717, 1.165) is 41.4 Å². The first-order valence-corrected chi connectivity index (χ1v) is 6.96. The SMILES string of the molecule is CC1C(C)C2C(C1C)C1CCC2C1(C)C. The van der Waals surface area contributed by atoms with E-state index < -0.39 is 0 Å². The summed E-state index contributed by atoms with van der Waals surface area (Å²) < 4.78 is 0. The maximum Gasteiger partial charge on any atom is -0.0292 e. The predicted molar refractivity (Wildman–Crippen MR) is 64.5 cm³/mol. The zero-order valence-corrected chi connectivity index (χ0v) is 11.0. The summed E-state index contributed by atoms with van der Waals surface area (Å²) in [6.07, 6.45) is 3.06. The molecule has 6 unspecified atom stereocenters. The monoisotopic (exact) mass is 206 g/mol. The molecule has 0 N–H and O–H groups in total. The van der Waals surface area contributed by atoms with Crippen molar-refractivity contribution in [1.82, 2.24) is 0 Å². The van der Waals surface area contributed by atoms with Gasteiger partial charge in [0, 0.05) is 0 Å². The van der Waals surface area contributed by atoms with E-state index in [1.165, 1.54) is 12.8 Å². The van der Waals surface area contributed by atoms with Crippen molar-refractivity contribution in [1.29, 1.82) is 0 Å².